The van der Waals surface area contributed by atoms with Gasteiger partial charge in [0, 0.05) is 43.0 Å². The fourth-order valence-electron chi connectivity index (χ4n) is 3.76. The van der Waals surface area contributed by atoms with E-state index >= 15 is 0 Å². The molecule has 1 aliphatic carbocycles. The molecule has 25 heavy (non-hydrogen) atoms. The van der Waals surface area contributed by atoms with Crippen molar-refractivity contribution in [3.05, 3.63) is 29.8 Å². The Balaban J connectivity index is 1.56. The molecule has 6 heteroatoms. The van der Waals surface area contributed by atoms with Crippen LogP contribution in [-0.2, 0) is 20.9 Å². The number of amides is 2. The van der Waals surface area contributed by atoms with Crippen LogP contribution in [0.4, 0.5) is 5.69 Å². The lowest BCUT2D eigenvalue weighted by molar-refractivity contribution is -0.314. The molecule has 2 amide bonds. The van der Waals surface area contributed by atoms with Crippen LogP contribution in [-0.4, -0.2) is 24.3 Å². The van der Waals surface area contributed by atoms with Crippen molar-refractivity contribution in [2.24, 2.45) is 11.8 Å². The highest BCUT2D eigenvalue weighted by molar-refractivity contribution is 5.95. The number of carbonyl (C=O) groups is 3. The second-order valence-electron chi connectivity index (χ2n) is 6.85. The van der Waals surface area contributed by atoms with Gasteiger partial charge in [-0.1, -0.05) is 25.0 Å². The minimum absolute atomic E-state index is 0.145. The lowest BCUT2D eigenvalue weighted by Gasteiger charge is -2.31. The highest BCUT2D eigenvalue weighted by Crippen LogP contribution is 2.30. The Hall–Kier alpha value is -2.37. The zero-order valence-electron chi connectivity index (χ0n) is 14.2. The second-order valence-corrected chi connectivity index (χ2v) is 6.85. The van der Waals surface area contributed by atoms with Crippen LogP contribution in [0, 0.1) is 11.8 Å². The van der Waals surface area contributed by atoms with Crippen molar-refractivity contribution in [3.63, 3.8) is 0 Å². The van der Waals surface area contributed by atoms with Gasteiger partial charge in [0.2, 0.25) is 11.8 Å². The zero-order chi connectivity index (χ0) is 17.8. The van der Waals surface area contributed by atoms with Gasteiger partial charge < -0.3 is 20.1 Å². The van der Waals surface area contributed by atoms with E-state index in [1.807, 2.05) is 24.3 Å². The third-order valence-electron chi connectivity index (χ3n) is 5.19. The van der Waals surface area contributed by atoms with E-state index in [-0.39, 0.29) is 11.8 Å². The summed E-state index contributed by atoms with van der Waals surface area (Å²) in [5.74, 6) is -2.38. The number of hydrogen-bond donors (Lipinski definition) is 1. The van der Waals surface area contributed by atoms with Crippen molar-refractivity contribution in [2.45, 2.75) is 45.1 Å². The Morgan fingerprint density at radius 3 is 2.36 bits per heavy atom. The van der Waals surface area contributed by atoms with E-state index < -0.39 is 17.8 Å². The number of nitrogens with zero attached hydrogens (tertiary/aromatic N) is 1. The first-order valence-corrected chi connectivity index (χ1v) is 8.94. The van der Waals surface area contributed by atoms with Crippen molar-refractivity contribution in [1.82, 2.24) is 5.32 Å². The highest BCUT2D eigenvalue weighted by Gasteiger charge is 2.31. The molecule has 1 aromatic rings. The second kappa shape index (κ2) is 7.68. The van der Waals surface area contributed by atoms with E-state index in [4.69, 9.17) is 0 Å². The molecule has 1 aliphatic heterocycles. The van der Waals surface area contributed by atoms with E-state index in [1.54, 1.807) is 4.90 Å². The van der Waals surface area contributed by atoms with Crippen LogP contribution >= 0.6 is 0 Å². The number of carboxylic acid groups (broad SMARTS) is 1. The van der Waals surface area contributed by atoms with Gasteiger partial charge in [-0.15, -0.1) is 0 Å². The summed E-state index contributed by atoms with van der Waals surface area (Å²) in [4.78, 5) is 37.1. The maximum atomic E-state index is 12.4. The van der Waals surface area contributed by atoms with Crippen molar-refractivity contribution >= 4 is 23.5 Å². The van der Waals surface area contributed by atoms with Crippen molar-refractivity contribution in [1.29, 1.82) is 0 Å². The first kappa shape index (κ1) is 17.5. The molecule has 0 radical (unpaired) electrons. The maximum absolute atomic E-state index is 12.4. The standard InChI is InChI=1S/C19H24N2O4/c22-17-6-3-11-21(17)14-9-7-13(8-10-14)12-20-18(23)15-4-1-2-5-16(15)19(24)25/h7-10,15-16H,1-6,11-12H2,(H,20,23)(H,24,25)/p-1/t15-,16-/m1/s1. The maximum Gasteiger partial charge on any atom is 0.227 e. The molecular formula is C19H23N2O4-. The fraction of sp³-hybridized carbons (Fsp3) is 0.526. The molecule has 2 fully saturated rings. The van der Waals surface area contributed by atoms with Crippen LogP contribution in [0.1, 0.15) is 44.1 Å². The molecule has 0 spiro atoms. The van der Waals surface area contributed by atoms with Crippen molar-refractivity contribution in [2.75, 3.05) is 11.4 Å². The van der Waals surface area contributed by atoms with Gasteiger partial charge in [0.25, 0.3) is 0 Å². The number of rotatable bonds is 5. The minimum atomic E-state index is -1.13. The van der Waals surface area contributed by atoms with Gasteiger partial charge >= 0.3 is 0 Å². The van der Waals surface area contributed by atoms with Gasteiger partial charge in [0.1, 0.15) is 0 Å². The summed E-state index contributed by atoms with van der Waals surface area (Å²) in [6.45, 7) is 1.10. The number of anilines is 1. The van der Waals surface area contributed by atoms with Gasteiger partial charge in [0.15, 0.2) is 0 Å². The van der Waals surface area contributed by atoms with Crippen LogP contribution in [0.5, 0.6) is 0 Å². The third-order valence-corrected chi connectivity index (χ3v) is 5.19. The summed E-state index contributed by atoms with van der Waals surface area (Å²) in [7, 11) is 0. The summed E-state index contributed by atoms with van der Waals surface area (Å²) in [6, 6.07) is 7.54. The van der Waals surface area contributed by atoms with Crippen molar-refractivity contribution in [3.8, 4) is 0 Å². The molecule has 1 saturated heterocycles. The van der Waals surface area contributed by atoms with Gasteiger partial charge in [-0.25, -0.2) is 0 Å². The molecule has 2 atom stereocenters. The van der Waals surface area contributed by atoms with Crippen LogP contribution < -0.4 is 15.3 Å². The van der Waals surface area contributed by atoms with Gasteiger partial charge in [-0.3, -0.25) is 9.59 Å². The number of carboxylic acids is 1. The van der Waals surface area contributed by atoms with Crippen LogP contribution in [0.25, 0.3) is 0 Å². The molecule has 1 saturated carbocycles. The molecule has 134 valence electrons. The average molecular weight is 343 g/mol. The van der Waals surface area contributed by atoms with E-state index in [0.717, 1.165) is 37.1 Å². The Kier molecular flexibility index (Phi) is 5.36. The molecule has 1 N–H and O–H groups in total. The van der Waals surface area contributed by atoms with E-state index in [1.165, 1.54) is 0 Å². The highest BCUT2D eigenvalue weighted by atomic mass is 16.4. The van der Waals surface area contributed by atoms with Crippen molar-refractivity contribution < 1.29 is 19.5 Å². The van der Waals surface area contributed by atoms with Gasteiger partial charge in [0.05, 0.1) is 0 Å². The molecule has 0 aromatic heterocycles. The first-order valence-electron chi connectivity index (χ1n) is 8.94. The zero-order valence-corrected chi connectivity index (χ0v) is 14.2. The Morgan fingerprint density at radius 1 is 1.08 bits per heavy atom. The normalized spacial score (nSPS) is 23.5. The number of aliphatic carboxylic acids is 1. The van der Waals surface area contributed by atoms with E-state index in [0.29, 0.717) is 25.8 Å². The molecule has 6 nitrogen and oxygen atoms in total. The lowest BCUT2D eigenvalue weighted by Crippen LogP contribution is -2.44. The molecule has 1 heterocycles. The van der Waals surface area contributed by atoms with E-state index in [9.17, 15) is 19.5 Å². The Labute approximate surface area is 147 Å². The van der Waals surface area contributed by atoms with Gasteiger partial charge in [-0.2, -0.15) is 0 Å². The monoisotopic (exact) mass is 343 g/mol. The summed E-state index contributed by atoms with van der Waals surface area (Å²) in [6.07, 6.45) is 4.30. The van der Waals surface area contributed by atoms with Crippen LogP contribution in [0.2, 0.25) is 0 Å². The molecule has 1 aromatic carbocycles. The topological polar surface area (TPSA) is 89.5 Å². The molecule has 0 unspecified atom stereocenters. The summed E-state index contributed by atoms with van der Waals surface area (Å²) < 4.78 is 0. The minimum Gasteiger partial charge on any atom is -0.550 e. The summed E-state index contributed by atoms with van der Waals surface area (Å²) in [5, 5.41) is 14.1. The summed E-state index contributed by atoms with van der Waals surface area (Å²) >= 11 is 0. The number of carbonyl (C=O) groups excluding carboxylic acids is 3. The summed E-state index contributed by atoms with van der Waals surface area (Å²) in [5.41, 5.74) is 1.80. The third kappa shape index (κ3) is 4.00. The first-order chi connectivity index (χ1) is 12.1. The van der Waals surface area contributed by atoms with Crippen LogP contribution in [0.3, 0.4) is 0 Å². The number of benzene rings is 1. The fourth-order valence-corrected chi connectivity index (χ4v) is 3.76. The number of hydrogen-bond acceptors (Lipinski definition) is 4. The Morgan fingerprint density at radius 2 is 1.76 bits per heavy atom. The SMILES string of the molecule is O=C([O-])[C@@H]1CCCC[C@H]1C(=O)NCc1ccc(N2CCCC2=O)cc1. The predicted molar refractivity (Wildman–Crippen MR) is 90.3 cm³/mol. The average Bonchev–Trinajstić information content (AvgIpc) is 3.06. The largest absolute Gasteiger partial charge is 0.550 e. The molecule has 0 bridgehead atoms. The lowest BCUT2D eigenvalue weighted by atomic mass is 9.78. The molecule has 2 aliphatic rings. The predicted octanol–water partition coefficient (Wildman–Crippen LogP) is 0.986. The van der Waals surface area contributed by atoms with Gasteiger partial charge in [-0.05, 0) is 37.0 Å². The van der Waals surface area contributed by atoms with Crippen LogP contribution in [0.15, 0.2) is 24.3 Å². The smallest absolute Gasteiger partial charge is 0.227 e. The molecule has 3 rings (SSSR count). The Bertz CT molecular complexity index is 656. The van der Waals surface area contributed by atoms with E-state index in [2.05, 4.69) is 5.32 Å². The quantitative estimate of drug-likeness (QED) is 0.863. The number of nitrogens with one attached hydrogen (secondary N) is 1. The molecular weight excluding hydrogens is 320 g/mol.